The van der Waals surface area contributed by atoms with E-state index in [9.17, 15) is 0 Å². The predicted molar refractivity (Wildman–Crippen MR) is 77.1 cm³/mol. The lowest BCUT2D eigenvalue weighted by molar-refractivity contribution is -0.894. The van der Waals surface area contributed by atoms with Crippen LogP contribution in [0, 0.1) is 5.41 Å². The smallest absolute Gasteiger partial charge is 0.0858 e. The molecule has 1 unspecified atom stereocenters. The van der Waals surface area contributed by atoms with Crippen molar-refractivity contribution in [2.45, 2.75) is 65.8 Å². The number of quaternary nitrogens is 1. The predicted octanol–water partition coefficient (Wildman–Crippen LogP) is 1.39. The van der Waals surface area contributed by atoms with Crippen molar-refractivity contribution >= 4 is 0 Å². The lowest BCUT2D eigenvalue weighted by Gasteiger charge is -2.37. The minimum atomic E-state index is 0. The van der Waals surface area contributed by atoms with Crippen molar-refractivity contribution in [2.24, 2.45) is 5.41 Å². The molecule has 0 aliphatic heterocycles. The fourth-order valence-corrected chi connectivity index (χ4v) is 2.97. The Morgan fingerprint density at radius 3 is 2.22 bits per heavy atom. The molecule has 0 fully saturated rings. The van der Waals surface area contributed by atoms with E-state index in [-0.39, 0.29) is 24.0 Å². The van der Waals surface area contributed by atoms with Gasteiger partial charge in [0.1, 0.15) is 0 Å². The van der Waals surface area contributed by atoms with Crippen molar-refractivity contribution < 1.29 is 28.5 Å². The van der Waals surface area contributed by atoms with Crippen molar-refractivity contribution in [1.82, 2.24) is 0 Å². The number of hydrogen-bond acceptors (Lipinski definition) is 0. The molecule has 2 heteroatoms. The van der Waals surface area contributed by atoms with Crippen molar-refractivity contribution in [2.75, 3.05) is 21.1 Å². The first kappa shape index (κ1) is 18.4. The van der Waals surface area contributed by atoms with Crippen LogP contribution in [0.25, 0.3) is 0 Å². The van der Waals surface area contributed by atoms with Gasteiger partial charge in [-0.2, -0.15) is 0 Å². The first-order chi connectivity index (χ1) is 7.64. The maximum Gasteiger partial charge on any atom is 0.0858 e. The summed E-state index contributed by atoms with van der Waals surface area (Å²) in [7, 11) is 6.91. The van der Waals surface area contributed by atoms with Gasteiger partial charge < -0.3 is 28.5 Å². The van der Waals surface area contributed by atoms with Crippen LogP contribution in [0.1, 0.15) is 59.8 Å². The third kappa shape index (κ3) is 4.84. The molecule has 1 aliphatic carbocycles. The molecule has 0 aromatic rings. The van der Waals surface area contributed by atoms with Crippen molar-refractivity contribution in [1.29, 1.82) is 0 Å². The Kier molecular flexibility index (Phi) is 6.90. The summed E-state index contributed by atoms with van der Waals surface area (Å²) in [5, 5.41) is 0. The van der Waals surface area contributed by atoms with Gasteiger partial charge in [0.15, 0.2) is 0 Å². The summed E-state index contributed by atoms with van der Waals surface area (Å²) in [6.45, 7) is 9.60. The van der Waals surface area contributed by atoms with Crippen LogP contribution in [0.2, 0.25) is 0 Å². The maximum absolute atomic E-state index is 2.43. The fraction of sp³-hybridized carbons (Fsp3) is 0.875. The summed E-state index contributed by atoms with van der Waals surface area (Å²) < 4.78 is 1.08. The van der Waals surface area contributed by atoms with Gasteiger partial charge in [-0.3, -0.25) is 0 Å². The monoisotopic (exact) mass is 365 g/mol. The Morgan fingerprint density at radius 2 is 1.78 bits per heavy atom. The number of rotatable bonds is 4. The van der Waals surface area contributed by atoms with Gasteiger partial charge in [-0.1, -0.05) is 25.0 Å². The van der Waals surface area contributed by atoms with Crippen LogP contribution in [-0.2, 0) is 0 Å². The zero-order chi connectivity index (χ0) is 13.3. The van der Waals surface area contributed by atoms with Gasteiger partial charge >= 0.3 is 0 Å². The van der Waals surface area contributed by atoms with E-state index in [1.165, 1.54) is 32.1 Å². The molecule has 18 heavy (non-hydrogen) atoms. The van der Waals surface area contributed by atoms with E-state index in [0.717, 1.165) is 10.5 Å². The molecule has 108 valence electrons. The zero-order valence-electron chi connectivity index (χ0n) is 13.4. The molecule has 0 amide bonds. The van der Waals surface area contributed by atoms with E-state index < -0.39 is 0 Å². The lowest BCUT2D eigenvalue weighted by atomic mass is 9.71. The molecule has 1 nitrogen and oxygen atoms in total. The van der Waals surface area contributed by atoms with Gasteiger partial charge in [0.2, 0.25) is 0 Å². The Labute approximate surface area is 132 Å². The average Bonchev–Trinajstić information content (AvgIpc) is 2.14. The van der Waals surface area contributed by atoms with Gasteiger partial charge in [0, 0.05) is 6.42 Å². The molecular weight excluding hydrogens is 333 g/mol. The molecule has 0 aromatic carbocycles. The molecule has 0 heterocycles. The largest absolute Gasteiger partial charge is 1.00 e. The lowest BCUT2D eigenvalue weighted by Crippen LogP contribution is -3.00. The second-order valence-electron chi connectivity index (χ2n) is 7.50. The molecule has 0 bridgehead atoms. The first-order valence-electron chi connectivity index (χ1n) is 7.15. The van der Waals surface area contributed by atoms with Crippen LogP contribution in [0.15, 0.2) is 11.1 Å². The van der Waals surface area contributed by atoms with E-state index in [4.69, 9.17) is 0 Å². The highest BCUT2D eigenvalue weighted by Gasteiger charge is 2.29. The molecular formula is C16H32IN. The van der Waals surface area contributed by atoms with Crippen LogP contribution in [0.5, 0.6) is 0 Å². The van der Waals surface area contributed by atoms with E-state index in [0.29, 0.717) is 5.41 Å². The number of halogens is 1. The molecule has 0 spiro atoms. The Hall–Kier alpha value is 0.430. The summed E-state index contributed by atoms with van der Waals surface area (Å²) in [6.07, 6.45) is 6.71. The van der Waals surface area contributed by atoms with E-state index in [2.05, 4.69) is 48.8 Å². The first-order valence-corrected chi connectivity index (χ1v) is 7.15. The third-order valence-corrected chi connectivity index (χ3v) is 4.82. The van der Waals surface area contributed by atoms with Gasteiger partial charge in [-0.15, -0.1) is 0 Å². The van der Waals surface area contributed by atoms with Crippen LogP contribution in [-0.4, -0.2) is 31.7 Å². The molecule has 0 saturated heterocycles. The number of nitrogens with zero attached hydrogens (tertiary/aromatic N) is 1. The SMILES string of the molecule is CC1=C(CCC(C)[N+](C)(C)C)C(C)(C)CCC1.[I-]. The topological polar surface area (TPSA) is 0 Å². The molecule has 1 atom stereocenters. The van der Waals surface area contributed by atoms with E-state index in [1.807, 2.05) is 0 Å². The summed E-state index contributed by atoms with van der Waals surface area (Å²) in [6, 6.07) is 0.744. The molecule has 0 N–H and O–H groups in total. The second-order valence-corrected chi connectivity index (χ2v) is 7.50. The minimum absolute atomic E-state index is 0. The van der Waals surface area contributed by atoms with Gasteiger partial charge in [-0.05, 0) is 44.9 Å². The van der Waals surface area contributed by atoms with Gasteiger partial charge in [0.25, 0.3) is 0 Å². The van der Waals surface area contributed by atoms with Crippen molar-refractivity contribution in [3.8, 4) is 0 Å². The standard InChI is InChI=1S/C16H32N.HI/c1-13-9-8-12-16(3,4)15(13)11-10-14(2)17(5,6)7;/h14H,8-12H2,1-7H3;1H/q+1;/p-1. The number of allylic oxidation sites excluding steroid dienone is 2. The highest BCUT2D eigenvalue weighted by Crippen LogP contribution is 2.42. The fourth-order valence-electron chi connectivity index (χ4n) is 2.97. The van der Waals surface area contributed by atoms with Gasteiger partial charge in [-0.25, -0.2) is 0 Å². The van der Waals surface area contributed by atoms with Crippen molar-refractivity contribution in [3.05, 3.63) is 11.1 Å². The zero-order valence-corrected chi connectivity index (χ0v) is 15.6. The number of hydrogen-bond donors (Lipinski definition) is 0. The minimum Gasteiger partial charge on any atom is -1.00 e. The van der Waals surface area contributed by atoms with Crippen LogP contribution in [0.3, 0.4) is 0 Å². The summed E-state index contributed by atoms with van der Waals surface area (Å²) in [5.74, 6) is 0. The molecule has 1 rings (SSSR count). The van der Waals surface area contributed by atoms with Crippen LogP contribution in [0.4, 0.5) is 0 Å². The Bertz CT molecular complexity index is 297. The third-order valence-electron chi connectivity index (χ3n) is 4.82. The molecule has 0 saturated carbocycles. The summed E-state index contributed by atoms with van der Waals surface area (Å²) >= 11 is 0. The average molecular weight is 365 g/mol. The maximum atomic E-state index is 2.43. The van der Waals surface area contributed by atoms with Crippen LogP contribution < -0.4 is 24.0 Å². The summed E-state index contributed by atoms with van der Waals surface area (Å²) in [5.41, 5.74) is 3.88. The van der Waals surface area contributed by atoms with Gasteiger partial charge in [0.05, 0.1) is 27.2 Å². The highest BCUT2D eigenvalue weighted by molar-refractivity contribution is 5.22. The summed E-state index contributed by atoms with van der Waals surface area (Å²) in [4.78, 5) is 0. The molecule has 1 aliphatic rings. The molecule has 0 aromatic heterocycles. The second kappa shape index (κ2) is 6.74. The van der Waals surface area contributed by atoms with Crippen molar-refractivity contribution in [3.63, 3.8) is 0 Å². The molecule has 0 radical (unpaired) electrons. The van der Waals surface area contributed by atoms with Crippen LogP contribution >= 0.6 is 0 Å². The van der Waals surface area contributed by atoms with E-state index >= 15 is 0 Å². The Morgan fingerprint density at radius 1 is 1.22 bits per heavy atom. The normalized spacial score (nSPS) is 21.5. The van der Waals surface area contributed by atoms with E-state index in [1.54, 1.807) is 11.1 Å². The quantitative estimate of drug-likeness (QED) is 0.401. The highest BCUT2D eigenvalue weighted by atomic mass is 127. The Balaban J connectivity index is 0.00000289.